The van der Waals surface area contributed by atoms with E-state index in [1.807, 2.05) is 38.1 Å². The number of anilines is 1. The first-order valence-electron chi connectivity index (χ1n) is 10.4. The Morgan fingerprint density at radius 3 is 2.44 bits per heavy atom. The number of hydrogen-bond acceptors (Lipinski definition) is 8. The maximum atomic E-state index is 9.41. The third kappa shape index (κ3) is 3.69. The van der Waals surface area contributed by atoms with E-state index in [0.717, 1.165) is 24.2 Å². The molecule has 0 amide bonds. The van der Waals surface area contributed by atoms with Crippen LogP contribution in [-0.2, 0) is 5.41 Å². The third-order valence-corrected chi connectivity index (χ3v) is 5.59. The Bertz CT molecular complexity index is 1300. The van der Waals surface area contributed by atoms with Gasteiger partial charge in [0.25, 0.3) is 5.89 Å². The van der Waals surface area contributed by atoms with Crippen molar-refractivity contribution in [1.29, 1.82) is 5.26 Å². The summed E-state index contributed by atoms with van der Waals surface area (Å²) in [4.78, 5) is 15.6. The minimum Gasteiger partial charge on any atom is -0.415 e. The van der Waals surface area contributed by atoms with Crippen molar-refractivity contribution in [2.24, 2.45) is 0 Å². The molecule has 0 N–H and O–H groups in total. The van der Waals surface area contributed by atoms with Crippen LogP contribution in [0.5, 0.6) is 0 Å². The summed E-state index contributed by atoms with van der Waals surface area (Å²) in [6.07, 6.45) is 6.17. The maximum Gasteiger partial charge on any atom is 0.268 e. The van der Waals surface area contributed by atoms with E-state index in [1.54, 1.807) is 18.6 Å². The third-order valence-electron chi connectivity index (χ3n) is 5.59. The zero-order valence-electron chi connectivity index (χ0n) is 17.9. The molecule has 1 saturated heterocycles. The second kappa shape index (κ2) is 7.85. The smallest absolute Gasteiger partial charge is 0.268 e. The zero-order chi connectivity index (χ0) is 22.1. The molecular weight excluding hydrogens is 402 g/mol. The lowest BCUT2D eigenvalue weighted by Crippen LogP contribution is -2.36. The summed E-state index contributed by atoms with van der Waals surface area (Å²) < 4.78 is 5.89. The van der Waals surface area contributed by atoms with Crippen LogP contribution in [0.2, 0.25) is 0 Å². The highest BCUT2D eigenvalue weighted by atomic mass is 16.4. The average Bonchev–Trinajstić information content (AvgIpc) is 3.29. The second-order valence-electron chi connectivity index (χ2n) is 8.26. The largest absolute Gasteiger partial charge is 0.415 e. The molecule has 0 aliphatic carbocycles. The summed E-state index contributed by atoms with van der Waals surface area (Å²) >= 11 is 0. The quantitative estimate of drug-likeness (QED) is 0.469. The van der Waals surface area contributed by atoms with Crippen LogP contribution in [0.15, 0.2) is 59.4 Å². The lowest BCUT2D eigenvalue weighted by Gasteiger charge is -2.33. The van der Waals surface area contributed by atoms with Gasteiger partial charge in [0, 0.05) is 36.1 Å². The van der Waals surface area contributed by atoms with Gasteiger partial charge < -0.3 is 9.32 Å². The fourth-order valence-corrected chi connectivity index (χ4v) is 3.43. The summed E-state index contributed by atoms with van der Waals surface area (Å²) in [5.41, 5.74) is 3.97. The zero-order valence-corrected chi connectivity index (χ0v) is 17.9. The molecule has 0 spiro atoms. The van der Waals surface area contributed by atoms with Crippen LogP contribution in [0.25, 0.3) is 34.3 Å². The molecular formula is C24H21N7O. The first kappa shape index (κ1) is 19.8. The van der Waals surface area contributed by atoms with Gasteiger partial charge in [-0.1, -0.05) is 0 Å². The number of pyridine rings is 1. The van der Waals surface area contributed by atoms with Gasteiger partial charge in [-0.2, -0.15) is 5.26 Å². The second-order valence-corrected chi connectivity index (χ2v) is 8.26. The highest BCUT2D eigenvalue weighted by molar-refractivity contribution is 5.63. The first-order valence-corrected chi connectivity index (χ1v) is 10.4. The summed E-state index contributed by atoms with van der Waals surface area (Å²) in [5, 5.41) is 17.8. The molecule has 0 bridgehead atoms. The van der Waals surface area contributed by atoms with Crippen molar-refractivity contribution in [3.63, 3.8) is 0 Å². The predicted octanol–water partition coefficient (Wildman–Crippen LogP) is 4.27. The van der Waals surface area contributed by atoms with Crippen LogP contribution < -0.4 is 4.90 Å². The number of benzene rings is 1. The average molecular weight is 423 g/mol. The van der Waals surface area contributed by atoms with Crippen molar-refractivity contribution < 1.29 is 4.42 Å². The molecule has 0 radical (unpaired) electrons. The van der Waals surface area contributed by atoms with Crippen LogP contribution in [-0.4, -0.2) is 38.2 Å². The molecule has 4 heterocycles. The van der Waals surface area contributed by atoms with Crippen molar-refractivity contribution in [1.82, 2.24) is 25.1 Å². The van der Waals surface area contributed by atoms with Gasteiger partial charge in [0.15, 0.2) is 0 Å². The van der Waals surface area contributed by atoms with E-state index < -0.39 is 5.41 Å². The highest BCUT2D eigenvalue weighted by Crippen LogP contribution is 2.28. The fourth-order valence-electron chi connectivity index (χ4n) is 3.43. The number of aromatic nitrogens is 5. The lowest BCUT2D eigenvalue weighted by atomic mass is 9.90. The van der Waals surface area contributed by atoms with Crippen LogP contribution >= 0.6 is 0 Å². The highest BCUT2D eigenvalue weighted by Gasteiger charge is 2.22. The van der Waals surface area contributed by atoms with Crippen LogP contribution in [0.3, 0.4) is 0 Å². The minimum atomic E-state index is -0.701. The van der Waals surface area contributed by atoms with Gasteiger partial charge in [0.2, 0.25) is 5.89 Å². The minimum absolute atomic E-state index is 0.299. The molecule has 0 saturated carbocycles. The standard InChI is InChI=1S/C24H21N7O/c1-24(2,15-25)21-12-17(8-9-27-21)19-13-26-14-20(28-19)23-30-29-22(32-23)16-4-6-18(7-5-16)31-10-3-11-31/h4-9,12-14H,3,10-11H2,1-2H3. The Hall–Kier alpha value is -4.12. The van der Waals surface area contributed by atoms with Crippen LogP contribution in [0.4, 0.5) is 5.69 Å². The van der Waals surface area contributed by atoms with E-state index >= 15 is 0 Å². The van der Waals surface area contributed by atoms with Gasteiger partial charge in [-0.05, 0) is 56.7 Å². The Balaban J connectivity index is 1.42. The summed E-state index contributed by atoms with van der Waals surface area (Å²) in [7, 11) is 0. The normalized spacial score (nSPS) is 13.5. The number of hydrogen-bond donors (Lipinski definition) is 0. The maximum absolute atomic E-state index is 9.41. The molecule has 1 fully saturated rings. The van der Waals surface area contributed by atoms with Crippen molar-refractivity contribution in [3.05, 3.63) is 60.7 Å². The van der Waals surface area contributed by atoms with Crippen molar-refractivity contribution in [2.75, 3.05) is 18.0 Å². The Labute approximate surface area is 185 Å². The van der Waals surface area contributed by atoms with E-state index in [4.69, 9.17) is 4.42 Å². The van der Waals surface area contributed by atoms with Crippen LogP contribution in [0.1, 0.15) is 26.0 Å². The molecule has 3 aromatic heterocycles. The topological polar surface area (TPSA) is 105 Å². The summed E-state index contributed by atoms with van der Waals surface area (Å²) in [6, 6.07) is 14.1. The number of nitrogens with zero attached hydrogens (tertiary/aromatic N) is 7. The molecule has 1 aromatic carbocycles. The van der Waals surface area contributed by atoms with Gasteiger partial charge in [-0.15, -0.1) is 10.2 Å². The number of rotatable bonds is 5. The molecule has 8 nitrogen and oxygen atoms in total. The monoisotopic (exact) mass is 423 g/mol. The molecule has 5 rings (SSSR count). The Morgan fingerprint density at radius 2 is 1.72 bits per heavy atom. The molecule has 4 aromatic rings. The van der Waals surface area contributed by atoms with Crippen molar-refractivity contribution in [3.8, 4) is 40.4 Å². The number of nitriles is 1. The SMILES string of the molecule is CC(C)(C#N)c1cc(-c2cncc(-c3nnc(-c4ccc(N5CCC5)cc4)o3)n2)ccn1. The van der Waals surface area contributed by atoms with Gasteiger partial charge in [0.05, 0.1) is 35.3 Å². The van der Waals surface area contributed by atoms with Gasteiger partial charge in [-0.25, -0.2) is 4.98 Å². The summed E-state index contributed by atoms with van der Waals surface area (Å²) in [6.45, 7) is 5.87. The molecule has 158 valence electrons. The Morgan fingerprint density at radius 1 is 0.969 bits per heavy atom. The Kier molecular flexibility index (Phi) is 4.86. The molecule has 1 aliphatic heterocycles. The molecule has 0 unspecified atom stereocenters. The van der Waals surface area contributed by atoms with Gasteiger partial charge in [0.1, 0.15) is 5.69 Å². The molecule has 8 heteroatoms. The lowest BCUT2D eigenvalue weighted by molar-refractivity contribution is 0.581. The predicted molar refractivity (Wildman–Crippen MR) is 119 cm³/mol. The van der Waals surface area contributed by atoms with E-state index in [2.05, 4.69) is 48.3 Å². The molecule has 0 atom stereocenters. The fraction of sp³-hybridized carbons (Fsp3) is 0.250. The van der Waals surface area contributed by atoms with E-state index in [0.29, 0.717) is 28.9 Å². The van der Waals surface area contributed by atoms with Crippen molar-refractivity contribution >= 4 is 5.69 Å². The molecule has 32 heavy (non-hydrogen) atoms. The van der Waals surface area contributed by atoms with E-state index in [1.165, 1.54) is 12.1 Å². The van der Waals surface area contributed by atoms with Crippen LogP contribution in [0, 0.1) is 11.3 Å². The van der Waals surface area contributed by atoms with E-state index in [-0.39, 0.29) is 0 Å². The molecule has 1 aliphatic rings. The first-order chi connectivity index (χ1) is 15.5. The van der Waals surface area contributed by atoms with Gasteiger partial charge >= 0.3 is 0 Å². The van der Waals surface area contributed by atoms with Crippen molar-refractivity contribution in [2.45, 2.75) is 25.7 Å². The van der Waals surface area contributed by atoms with Gasteiger partial charge in [-0.3, -0.25) is 9.97 Å². The summed E-state index contributed by atoms with van der Waals surface area (Å²) in [5.74, 6) is 0.733. The van der Waals surface area contributed by atoms with E-state index in [9.17, 15) is 5.26 Å².